The molecule has 0 radical (unpaired) electrons. The molecule has 6 heteroatoms. The Bertz CT molecular complexity index is 679. The van der Waals surface area contributed by atoms with Crippen LogP contribution in [0.25, 0.3) is 11.4 Å². The molecule has 0 bridgehead atoms. The zero-order chi connectivity index (χ0) is 15.4. The van der Waals surface area contributed by atoms with E-state index in [4.69, 9.17) is 4.84 Å². The van der Waals surface area contributed by atoms with Gasteiger partial charge in [0.1, 0.15) is 11.9 Å². The van der Waals surface area contributed by atoms with Crippen LogP contribution in [0.4, 0.5) is 0 Å². The zero-order valence-electron chi connectivity index (χ0n) is 12.4. The van der Waals surface area contributed by atoms with Gasteiger partial charge in [-0.1, -0.05) is 30.3 Å². The average Bonchev–Trinajstić information content (AvgIpc) is 3.24. The fourth-order valence-corrected chi connectivity index (χ4v) is 2.41. The standard InChI is InChI=1S/C16H18N4O2/c1-2-11-9-12(22-20-11)10-19-16(21)14-6-4-3-5-13(14)15-17-7-8-18-15/h3-8,12H,2,9-10H2,1H3,(H,17,18)(H,19,21)/t12-/m1/s1. The molecular weight excluding hydrogens is 280 g/mol. The van der Waals surface area contributed by atoms with Gasteiger partial charge in [0.15, 0.2) is 0 Å². The van der Waals surface area contributed by atoms with Crippen LogP contribution < -0.4 is 5.32 Å². The third kappa shape index (κ3) is 3.00. The number of aromatic nitrogens is 2. The molecule has 0 fully saturated rings. The topological polar surface area (TPSA) is 79.4 Å². The Labute approximate surface area is 128 Å². The monoisotopic (exact) mass is 298 g/mol. The van der Waals surface area contributed by atoms with E-state index < -0.39 is 0 Å². The van der Waals surface area contributed by atoms with Crippen LogP contribution >= 0.6 is 0 Å². The number of hydrogen-bond donors (Lipinski definition) is 2. The minimum Gasteiger partial charge on any atom is -0.390 e. The summed E-state index contributed by atoms with van der Waals surface area (Å²) in [6, 6.07) is 7.39. The van der Waals surface area contributed by atoms with E-state index in [1.165, 1.54) is 0 Å². The summed E-state index contributed by atoms with van der Waals surface area (Å²) in [6.07, 6.45) is 4.98. The van der Waals surface area contributed by atoms with Gasteiger partial charge in [-0.25, -0.2) is 4.98 Å². The summed E-state index contributed by atoms with van der Waals surface area (Å²) in [4.78, 5) is 25.0. The van der Waals surface area contributed by atoms with E-state index in [1.54, 1.807) is 18.5 Å². The van der Waals surface area contributed by atoms with Gasteiger partial charge in [0.05, 0.1) is 17.8 Å². The summed E-state index contributed by atoms with van der Waals surface area (Å²) >= 11 is 0. The van der Waals surface area contributed by atoms with Crippen LogP contribution in [0.15, 0.2) is 41.8 Å². The molecule has 1 aliphatic heterocycles. The van der Waals surface area contributed by atoms with Gasteiger partial charge in [0, 0.05) is 24.4 Å². The molecule has 0 unspecified atom stereocenters. The van der Waals surface area contributed by atoms with Crippen molar-refractivity contribution in [3.8, 4) is 11.4 Å². The van der Waals surface area contributed by atoms with E-state index in [2.05, 4.69) is 20.4 Å². The van der Waals surface area contributed by atoms with Gasteiger partial charge >= 0.3 is 0 Å². The lowest BCUT2D eigenvalue weighted by molar-refractivity contribution is 0.0754. The van der Waals surface area contributed by atoms with Crippen molar-refractivity contribution in [2.45, 2.75) is 25.9 Å². The quantitative estimate of drug-likeness (QED) is 0.889. The molecule has 0 aliphatic carbocycles. The van der Waals surface area contributed by atoms with Crippen LogP contribution in [0.2, 0.25) is 0 Å². The third-order valence-corrected chi connectivity index (χ3v) is 3.62. The van der Waals surface area contributed by atoms with Crippen molar-refractivity contribution >= 4 is 11.6 Å². The molecule has 1 amide bonds. The van der Waals surface area contributed by atoms with Crippen LogP contribution in [-0.4, -0.2) is 34.2 Å². The Kier molecular flexibility index (Phi) is 4.18. The van der Waals surface area contributed by atoms with Gasteiger partial charge in [-0.2, -0.15) is 0 Å². The molecule has 2 heterocycles. The molecule has 3 rings (SSSR count). The number of imidazole rings is 1. The lowest BCUT2D eigenvalue weighted by Crippen LogP contribution is -2.32. The lowest BCUT2D eigenvalue weighted by Gasteiger charge is -2.11. The number of nitrogens with one attached hydrogen (secondary N) is 2. The number of carbonyl (C=O) groups excluding carboxylic acids is 1. The van der Waals surface area contributed by atoms with Gasteiger partial charge in [0.25, 0.3) is 5.91 Å². The number of benzene rings is 1. The van der Waals surface area contributed by atoms with Crippen molar-refractivity contribution in [1.29, 1.82) is 0 Å². The van der Waals surface area contributed by atoms with Crippen molar-refractivity contribution in [3.05, 3.63) is 42.2 Å². The SMILES string of the molecule is CCC1=NO[C@@H](CNC(=O)c2ccccc2-c2ncc[nH]2)C1. The summed E-state index contributed by atoms with van der Waals surface area (Å²) in [5.74, 6) is 0.542. The number of rotatable bonds is 5. The van der Waals surface area contributed by atoms with Crippen molar-refractivity contribution < 1.29 is 9.63 Å². The smallest absolute Gasteiger partial charge is 0.252 e. The molecular formula is C16H18N4O2. The van der Waals surface area contributed by atoms with Crippen molar-refractivity contribution in [2.24, 2.45) is 5.16 Å². The average molecular weight is 298 g/mol. The second-order valence-electron chi connectivity index (χ2n) is 5.14. The molecule has 1 aromatic heterocycles. The highest BCUT2D eigenvalue weighted by Gasteiger charge is 2.21. The molecule has 0 saturated heterocycles. The Morgan fingerprint density at radius 3 is 3.05 bits per heavy atom. The lowest BCUT2D eigenvalue weighted by atomic mass is 10.1. The van der Waals surface area contributed by atoms with Gasteiger partial charge in [0.2, 0.25) is 0 Å². The first-order valence-electron chi connectivity index (χ1n) is 7.36. The minimum atomic E-state index is -0.138. The van der Waals surface area contributed by atoms with Crippen LogP contribution in [0, 0.1) is 0 Å². The van der Waals surface area contributed by atoms with E-state index >= 15 is 0 Å². The second kappa shape index (κ2) is 6.43. The zero-order valence-corrected chi connectivity index (χ0v) is 12.4. The molecule has 0 saturated carbocycles. The van der Waals surface area contributed by atoms with Gasteiger partial charge in [-0.3, -0.25) is 4.79 Å². The van der Waals surface area contributed by atoms with Crippen LogP contribution in [0.1, 0.15) is 30.1 Å². The van der Waals surface area contributed by atoms with Crippen molar-refractivity contribution in [3.63, 3.8) is 0 Å². The van der Waals surface area contributed by atoms with E-state index in [9.17, 15) is 4.79 Å². The highest BCUT2D eigenvalue weighted by molar-refractivity contribution is 6.00. The second-order valence-corrected chi connectivity index (χ2v) is 5.14. The number of amides is 1. The van der Waals surface area contributed by atoms with E-state index in [1.807, 2.05) is 25.1 Å². The number of aromatic amines is 1. The third-order valence-electron chi connectivity index (χ3n) is 3.62. The van der Waals surface area contributed by atoms with E-state index in [0.717, 1.165) is 24.1 Å². The molecule has 114 valence electrons. The fraction of sp³-hybridized carbons (Fsp3) is 0.312. The predicted octanol–water partition coefficient (Wildman–Crippen LogP) is 2.36. The minimum absolute atomic E-state index is 0.0744. The van der Waals surface area contributed by atoms with Crippen LogP contribution in [0.5, 0.6) is 0 Å². The normalized spacial score (nSPS) is 17.0. The summed E-state index contributed by atoms with van der Waals surface area (Å²) in [5.41, 5.74) is 2.41. The number of H-pyrrole nitrogens is 1. The molecule has 0 spiro atoms. The molecule has 2 N–H and O–H groups in total. The highest BCUT2D eigenvalue weighted by atomic mass is 16.6. The Hall–Kier alpha value is -2.63. The predicted molar refractivity (Wildman–Crippen MR) is 83.6 cm³/mol. The molecule has 1 aromatic carbocycles. The Morgan fingerprint density at radius 2 is 2.32 bits per heavy atom. The summed E-state index contributed by atoms with van der Waals surface area (Å²) in [5, 5.41) is 6.90. The summed E-state index contributed by atoms with van der Waals surface area (Å²) in [7, 11) is 0. The molecule has 2 aromatic rings. The maximum atomic E-state index is 12.4. The maximum absolute atomic E-state index is 12.4. The Balaban J connectivity index is 1.66. The van der Waals surface area contributed by atoms with Gasteiger partial charge in [-0.05, 0) is 12.5 Å². The van der Waals surface area contributed by atoms with Gasteiger partial charge in [-0.15, -0.1) is 0 Å². The van der Waals surface area contributed by atoms with E-state index in [0.29, 0.717) is 17.9 Å². The van der Waals surface area contributed by atoms with Crippen molar-refractivity contribution in [2.75, 3.05) is 6.54 Å². The number of hydrogen-bond acceptors (Lipinski definition) is 4. The van der Waals surface area contributed by atoms with Crippen LogP contribution in [0.3, 0.4) is 0 Å². The van der Waals surface area contributed by atoms with Gasteiger partial charge < -0.3 is 15.1 Å². The molecule has 22 heavy (non-hydrogen) atoms. The van der Waals surface area contributed by atoms with Crippen molar-refractivity contribution in [1.82, 2.24) is 15.3 Å². The highest BCUT2D eigenvalue weighted by Crippen LogP contribution is 2.20. The number of carbonyl (C=O) groups is 1. The summed E-state index contributed by atoms with van der Waals surface area (Å²) in [6.45, 7) is 2.49. The maximum Gasteiger partial charge on any atom is 0.252 e. The first-order chi connectivity index (χ1) is 10.8. The van der Waals surface area contributed by atoms with E-state index in [-0.39, 0.29) is 12.0 Å². The molecule has 1 atom stereocenters. The molecule has 6 nitrogen and oxygen atoms in total. The largest absolute Gasteiger partial charge is 0.390 e. The number of nitrogens with zero attached hydrogens (tertiary/aromatic N) is 2. The number of oxime groups is 1. The Morgan fingerprint density at radius 1 is 1.45 bits per heavy atom. The first kappa shape index (κ1) is 14.3. The summed E-state index contributed by atoms with van der Waals surface area (Å²) < 4.78 is 0. The first-order valence-corrected chi connectivity index (χ1v) is 7.36. The molecule has 1 aliphatic rings. The fourth-order valence-electron chi connectivity index (χ4n) is 2.41. The van der Waals surface area contributed by atoms with Crippen LogP contribution in [-0.2, 0) is 4.84 Å².